The molecule has 0 aliphatic carbocycles. The Morgan fingerprint density at radius 3 is 2.02 bits per heavy atom. The van der Waals surface area contributed by atoms with Crippen LogP contribution < -0.4 is 11.1 Å². The highest BCUT2D eigenvalue weighted by Crippen LogP contribution is 2.20. The molecule has 1 aromatic carbocycles. The quantitative estimate of drug-likeness (QED) is 0.0937. The Labute approximate surface area is 281 Å². The van der Waals surface area contributed by atoms with Crippen molar-refractivity contribution in [3.05, 3.63) is 42.1 Å². The van der Waals surface area contributed by atoms with Crippen molar-refractivity contribution in [2.45, 2.75) is 142 Å². The topological polar surface area (TPSA) is 143 Å². The maximum absolute atomic E-state index is 14.1. The van der Waals surface area contributed by atoms with E-state index in [0.29, 0.717) is 18.5 Å². The summed E-state index contributed by atoms with van der Waals surface area (Å²) in [6, 6.07) is 9.56. The van der Waals surface area contributed by atoms with E-state index in [0.717, 1.165) is 37.5 Å². The lowest BCUT2D eigenvalue weighted by atomic mass is 9.99. The first-order chi connectivity index (χ1) is 21.8. The fourth-order valence-electron chi connectivity index (χ4n) is 5.79. The minimum atomic E-state index is -0.963. The zero-order valence-electron chi connectivity index (χ0n) is 28.0. The zero-order chi connectivity index (χ0) is 32.9. The van der Waals surface area contributed by atoms with Crippen molar-refractivity contribution >= 4 is 47.0 Å². The number of para-hydroxylation sites is 1. The molecule has 0 bridgehead atoms. The van der Waals surface area contributed by atoms with Gasteiger partial charge in [0.2, 0.25) is 11.8 Å². The van der Waals surface area contributed by atoms with Gasteiger partial charge in [-0.1, -0.05) is 115 Å². The second-order valence-corrected chi connectivity index (χ2v) is 12.2. The number of carboxylic acids is 1. The van der Waals surface area contributed by atoms with Crippen LogP contribution in [0.25, 0.3) is 10.9 Å². The number of halogens is 1. The Morgan fingerprint density at radius 1 is 0.804 bits per heavy atom. The number of aromatic nitrogens is 1. The second-order valence-electron chi connectivity index (χ2n) is 12.2. The van der Waals surface area contributed by atoms with E-state index in [1.165, 1.54) is 51.4 Å². The molecular weight excluding hydrogens is 604 g/mol. The third-order valence-corrected chi connectivity index (χ3v) is 8.37. The highest BCUT2D eigenvalue weighted by atomic mass is 35.5. The highest BCUT2D eigenvalue weighted by Gasteiger charge is 2.31. The number of nitrogens with zero attached hydrogens (tertiary/aromatic N) is 2. The summed E-state index contributed by atoms with van der Waals surface area (Å²) >= 11 is 0. The maximum atomic E-state index is 14.1. The normalized spacial score (nSPS) is 12.2. The molecule has 1 aromatic heterocycles. The number of unbranched alkanes of at least 4 members (excludes halogenated alkanes) is 11. The van der Waals surface area contributed by atoms with Crippen molar-refractivity contribution in [1.82, 2.24) is 15.2 Å². The van der Waals surface area contributed by atoms with E-state index in [9.17, 15) is 24.3 Å². The highest BCUT2D eigenvalue weighted by molar-refractivity contribution is 5.98. The molecule has 0 aliphatic rings. The summed E-state index contributed by atoms with van der Waals surface area (Å²) in [5.41, 5.74) is 6.50. The number of amides is 3. The molecule has 2 atom stereocenters. The van der Waals surface area contributed by atoms with E-state index in [1.807, 2.05) is 37.3 Å². The third-order valence-electron chi connectivity index (χ3n) is 8.37. The van der Waals surface area contributed by atoms with Crippen molar-refractivity contribution in [3.8, 4) is 0 Å². The fourth-order valence-corrected chi connectivity index (χ4v) is 5.79. The first-order valence-electron chi connectivity index (χ1n) is 17.2. The van der Waals surface area contributed by atoms with E-state index < -0.39 is 23.8 Å². The van der Waals surface area contributed by atoms with Crippen molar-refractivity contribution < 1.29 is 24.3 Å². The lowest BCUT2D eigenvalue weighted by molar-refractivity contribution is -0.139. The van der Waals surface area contributed by atoms with Gasteiger partial charge in [0.05, 0.1) is 5.52 Å². The van der Waals surface area contributed by atoms with Crippen LogP contribution in [0.5, 0.6) is 0 Å². The largest absolute Gasteiger partial charge is 0.481 e. The molecule has 0 radical (unpaired) electrons. The van der Waals surface area contributed by atoms with Gasteiger partial charge in [-0.05, 0) is 37.8 Å². The molecule has 0 saturated carbocycles. The summed E-state index contributed by atoms with van der Waals surface area (Å²) in [5.74, 6) is -2.24. The third kappa shape index (κ3) is 15.9. The molecule has 0 unspecified atom stereocenters. The van der Waals surface area contributed by atoms with Crippen LogP contribution in [-0.2, 0) is 14.4 Å². The number of pyridine rings is 1. The summed E-state index contributed by atoms with van der Waals surface area (Å²) in [5, 5.41) is 13.0. The number of hydrogen-bond donors (Lipinski definition) is 3. The Balaban J connectivity index is 0.0000106. The molecule has 2 rings (SSSR count). The Hall–Kier alpha value is -3.20. The van der Waals surface area contributed by atoms with Gasteiger partial charge < -0.3 is 21.1 Å². The van der Waals surface area contributed by atoms with E-state index in [2.05, 4.69) is 17.2 Å². The van der Waals surface area contributed by atoms with Gasteiger partial charge >= 0.3 is 5.97 Å². The van der Waals surface area contributed by atoms with E-state index in [4.69, 9.17) is 5.73 Å². The number of carbonyl (C=O) groups is 4. The van der Waals surface area contributed by atoms with Crippen molar-refractivity contribution in [1.29, 1.82) is 0 Å². The fraction of sp³-hybridized carbons (Fsp3) is 0.639. The predicted octanol–water partition coefficient (Wildman–Crippen LogP) is 7.58. The molecule has 0 fully saturated rings. The average Bonchev–Trinajstić information content (AvgIpc) is 3.02. The van der Waals surface area contributed by atoms with Crippen LogP contribution in [-0.4, -0.2) is 57.3 Å². The molecule has 258 valence electrons. The maximum Gasteiger partial charge on any atom is 0.303 e. The minimum absolute atomic E-state index is 0. The van der Waals surface area contributed by atoms with Gasteiger partial charge in [-0.3, -0.25) is 19.2 Å². The predicted molar refractivity (Wildman–Crippen MR) is 187 cm³/mol. The lowest BCUT2D eigenvalue weighted by Gasteiger charge is -2.34. The van der Waals surface area contributed by atoms with Crippen LogP contribution in [0, 0.1) is 0 Å². The number of fused-ring (bicyclic) bond motifs is 1. The standard InChI is InChI=1S/C36H56N4O5.ClH/c1-3-5-7-8-9-10-11-12-13-14-15-20-29(27-33(37)41)40(26-6-4-2)36(45)32(22-18-23-34(42)43)39-35(44)31-25-24-28-19-16-17-21-30(28)38-31;/h16-17,19,21,24-25,29,32H,3-15,18,20,22-23,26-27H2,1-2H3,(H2,37,41)(H,39,44)(H,42,43);1H/t29-,32-;/m0./s1. The van der Waals surface area contributed by atoms with Crippen molar-refractivity contribution in [2.24, 2.45) is 5.73 Å². The van der Waals surface area contributed by atoms with Crippen molar-refractivity contribution in [2.75, 3.05) is 6.54 Å². The van der Waals surface area contributed by atoms with Crippen LogP contribution in [0.1, 0.15) is 140 Å². The molecule has 3 amide bonds. The number of nitrogens with one attached hydrogen (secondary N) is 1. The van der Waals surface area contributed by atoms with Crippen LogP contribution in [0.3, 0.4) is 0 Å². The zero-order valence-corrected chi connectivity index (χ0v) is 28.8. The summed E-state index contributed by atoms with van der Waals surface area (Å²) in [6.45, 7) is 4.70. The van der Waals surface area contributed by atoms with Crippen LogP contribution in [0.2, 0.25) is 0 Å². The minimum Gasteiger partial charge on any atom is -0.481 e. The monoisotopic (exact) mass is 660 g/mol. The number of primary amides is 1. The first kappa shape index (κ1) is 40.8. The van der Waals surface area contributed by atoms with Gasteiger partial charge in [0.1, 0.15) is 11.7 Å². The van der Waals surface area contributed by atoms with Crippen molar-refractivity contribution in [3.63, 3.8) is 0 Å². The molecule has 0 saturated heterocycles. The molecule has 0 aliphatic heterocycles. The smallest absolute Gasteiger partial charge is 0.303 e. The average molecular weight is 661 g/mol. The van der Waals surface area contributed by atoms with Crippen LogP contribution in [0.15, 0.2) is 36.4 Å². The van der Waals surface area contributed by atoms with Gasteiger partial charge in [0, 0.05) is 30.8 Å². The van der Waals surface area contributed by atoms with Crippen LogP contribution >= 0.6 is 12.4 Å². The van der Waals surface area contributed by atoms with E-state index >= 15 is 0 Å². The Bertz CT molecular complexity index is 1190. The number of carbonyl (C=O) groups excluding carboxylic acids is 3. The number of aliphatic carboxylic acids is 1. The van der Waals surface area contributed by atoms with Gasteiger partial charge in [-0.25, -0.2) is 4.98 Å². The molecule has 2 aromatic rings. The molecule has 4 N–H and O–H groups in total. The lowest BCUT2D eigenvalue weighted by Crippen LogP contribution is -2.53. The Kier molecular flexibility index (Phi) is 21.3. The molecule has 46 heavy (non-hydrogen) atoms. The number of hydrogen-bond acceptors (Lipinski definition) is 5. The second kappa shape index (κ2) is 24.0. The van der Waals surface area contributed by atoms with Gasteiger partial charge in [-0.2, -0.15) is 0 Å². The Morgan fingerprint density at radius 2 is 1.41 bits per heavy atom. The SMILES string of the molecule is CCCCCCCCCCCCC[C@@H](CC(N)=O)N(CCCC)C(=O)[C@H](CCCC(=O)O)NC(=O)c1ccc2ccccc2n1.Cl. The molecule has 1 heterocycles. The van der Waals surface area contributed by atoms with Gasteiger partial charge in [0.25, 0.3) is 5.91 Å². The van der Waals surface area contributed by atoms with Crippen LogP contribution in [0.4, 0.5) is 0 Å². The summed E-state index contributed by atoms with van der Waals surface area (Å²) < 4.78 is 0. The summed E-state index contributed by atoms with van der Waals surface area (Å²) in [4.78, 5) is 57.0. The van der Waals surface area contributed by atoms with Gasteiger partial charge in [0.15, 0.2) is 0 Å². The number of rotatable bonds is 25. The van der Waals surface area contributed by atoms with Gasteiger partial charge in [-0.15, -0.1) is 12.4 Å². The number of nitrogens with two attached hydrogens (primary N) is 1. The molecule has 0 spiro atoms. The summed E-state index contributed by atoms with van der Waals surface area (Å²) in [7, 11) is 0. The van der Waals surface area contributed by atoms with E-state index in [1.54, 1.807) is 11.0 Å². The number of benzene rings is 1. The number of carboxylic acid groups (broad SMARTS) is 1. The first-order valence-corrected chi connectivity index (χ1v) is 17.2. The molecule has 10 heteroatoms. The van der Waals surface area contributed by atoms with E-state index in [-0.39, 0.29) is 55.7 Å². The molecule has 9 nitrogen and oxygen atoms in total. The summed E-state index contributed by atoms with van der Waals surface area (Å²) in [6.07, 6.45) is 15.8. The molecular formula is C36H57ClN4O5.